The van der Waals surface area contributed by atoms with Crippen molar-refractivity contribution in [2.45, 2.75) is 51.0 Å². The highest BCUT2D eigenvalue weighted by Crippen LogP contribution is 2.37. The molecule has 128 valence electrons. The summed E-state index contributed by atoms with van der Waals surface area (Å²) < 4.78 is 0. The summed E-state index contributed by atoms with van der Waals surface area (Å²) in [6.07, 6.45) is 7.96. The minimum absolute atomic E-state index is 0. The lowest BCUT2D eigenvalue weighted by atomic mass is 9.77. The number of amides is 1. The van der Waals surface area contributed by atoms with Crippen LogP contribution in [0.5, 0.6) is 0 Å². The molecule has 2 aliphatic rings. The van der Waals surface area contributed by atoms with Crippen LogP contribution in [-0.4, -0.2) is 19.0 Å². The highest BCUT2D eigenvalue weighted by atomic mass is 35.5. The van der Waals surface area contributed by atoms with Gasteiger partial charge >= 0.3 is 0 Å². The molecule has 4 heteroatoms. The van der Waals surface area contributed by atoms with Crippen LogP contribution in [0.4, 0.5) is 0 Å². The molecule has 0 spiro atoms. The Labute approximate surface area is 146 Å². The van der Waals surface area contributed by atoms with Crippen LogP contribution in [0.3, 0.4) is 0 Å². The largest absolute Gasteiger partial charge is 0.349 e. The average Bonchev–Trinajstić information content (AvgIpc) is 2.52. The van der Waals surface area contributed by atoms with E-state index in [1.54, 1.807) is 0 Å². The van der Waals surface area contributed by atoms with E-state index in [1.165, 1.54) is 37.7 Å². The van der Waals surface area contributed by atoms with E-state index in [0.29, 0.717) is 12.3 Å². The predicted octanol–water partition coefficient (Wildman–Crippen LogP) is 3.85. The molecule has 0 radical (unpaired) electrons. The zero-order valence-electron chi connectivity index (χ0n) is 13.8. The van der Waals surface area contributed by atoms with Gasteiger partial charge in [-0.25, -0.2) is 0 Å². The summed E-state index contributed by atoms with van der Waals surface area (Å²) in [6.45, 7) is 2.22. The van der Waals surface area contributed by atoms with Crippen LogP contribution in [0.25, 0.3) is 0 Å². The van der Waals surface area contributed by atoms with E-state index >= 15 is 0 Å². The number of hydrogen-bond donors (Lipinski definition) is 2. The van der Waals surface area contributed by atoms with Crippen molar-refractivity contribution in [2.75, 3.05) is 13.1 Å². The lowest BCUT2D eigenvalue weighted by molar-refractivity contribution is -0.122. The molecule has 1 aromatic carbocycles. The summed E-state index contributed by atoms with van der Waals surface area (Å²) in [5.74, 6) is 1.59. The van der Waals surface area contributed by atoms with Gasteiger partial charge < -0.3 is 10.6 Å². The molecule has 2 fully saturated rings. The fourth-order valence-electron chi connectivity index (χ4n) is 3.66. The van der Waals surface area contributed by atoms with E-state index in [1.807, 2.05) is 6.07 Å². The Kier molecular flexibility index (Phi) is 7.38. The second-order valence-corrected chi connectivity index (χ2v) is 6.88. The number of benzene rings is 1. The molecule has 3 rings (SSSR count). The number of piperidine rings is 1. The molecule has 1 saturated carbocycles. The minimum atomic E-state index is 0. The first-order chi connectivity index (χ1) is 10.8. The molecule has 23 heavy (non-hydrogen) atoms. The van der Waals surface area contributed by atoms with E-state index in [4.69, 9.17) is 0 Å². The van der Waals surface area contributed by atoms with Crippen molar-refractivity contribution in [2.24, 2.45) is 11.8 Å². The Bertz CT molecular complexity index is 470. The van der Waals surface area contributed by atoms with E-state index in [0.717, 1.165) is 25.4 Å². The third kappa shape index (κ3) is 5.22. The Morgan fingerprint density at radius 1 is 1.13 bits per heavy atom. The van der Waals surface area contributed by atoms with Crippen LogP contribution in [0, 0.1) is 11.8 Å². The standard InChI is InChI=1S/C19H28N2O.ClH/c22-18(10-9-15-11-13-20-14-12-15)21-19(17-7-4-8-17)16-5-2-1-3-6-16;/h1-3,5-6,15,17,19-20H,4,7-14H2,(H,21,22);1H. The molecular weight excluding hydrogens is 308 g/mol. The van der Waals surface area contributed by atoms with Gasteiger partial charge in [0.05, 0.1) is 6.04 Å². The van der Waals surface area contributed by atoms with Gasteiger partial charge in [-0.2, -0.15) is 0 Å². The SMILES string of the molecule is Cl.O=C(CCC1CCNCC1)NC(c1ccccc1)C1CCC1. The van der Waals surface area contributed by atoms with Crippen molar-refractivity contribution in [3.05, 3.63) is 35.9 Å². The Balaban J connectivity index is 0.00000192. The first-order valence-electron chi connectivity index (χ1n) is 8.88. The molecule has 1 amide bonds. The third-order valence-electron chi connectivity index (χ3n) is 5.33. The highest BCUT2D eigenvalue weighted by molar-refractivity contribution is 5.85. The molecule has 1 unspecified atom stereocenters. The van der Waals surface area contributed by atoms with Gasteiger partial charge in [-0.05, 0) is 62.6 Å². The second kappa shape index (κ2) is 9.29. The lowest BCUT2D eigenvalue weighted by Crippen LogP contribution is -2.36. The van der Waals surface area contributed by atoms with E-state index < -0.39 is 0 Å². The Morgan fingerprint density at radius 2 is 1.83 bits per heavy atom. The van der Waals surface area contributed by atoms with E-state index in [-0.39, 0.29) is 24.4 Å². The molecule has 1 aliphatic heterocycles. The first-order valence-corrected chi connectivity index (χ1v) is 8.88. The highest BCUT2D eigenvalue weighted by Gasteiger charge is 2.29. The summed E-state index contributed by atoms with van der Waals surface area (Å²) in [7, 11) is 0. The van der Waals surface area contributed by atoms with Crippen molar-refractivity contribution < 1.29 is 4.79 Å². The quantitative estimate of drug-likeness (QED) is 0.828. The van der Waals surface area contributed by atoms with Crippen LogP contribution in [0.2, 0.25) is 0 Å². The van der Waals surface area contributed by atoms with Gasteiger partial charge in [-0.1, -0.05) is 36.8 Å². The Hall–Kier alpha value is -1.06. The van der Waals surface area contributed by atoms with E-state index in [2.05, 4.69) is 34.9 Å². The van der Waals surface area contributed by atoms with Crippen LogP contribution in [-0.2, 0) is 4.79 Å². The number of carbonyl (C=O) groups is 1. The molecule has 0 bridgehead atoms. The minimum Gasteiger partial charge on any atom is -0.349 e. The van der Waals surface area contributed by atoms with Crippen LogP contribution in [0.15, 0.2) is 30.3 Å². The molecule has 1 aromatic rings. The van der Waals surface area contributed by atoms with Crippen molar-refractivity contribution in [3.63, 3.8) is 0 Å². The summed E-state index contributed by atoms with van der Waals surface area (Å²) in [4.78, 5) is 12.4. The summed E-state index contributed by atoms with van der Waals surface area (Å²) in [5, 5.41) is 6.71. The Morgan fingerprint density at radius 3 is 2.43 bits per heavy atom. The van der Waals surface area contributed by atoms with Gasteiger partial charge in [0.2, 0.25) is 5.91 Å². The van der Waals surface area contributed by atoms with Gasteiger partial charge in [-0.3, -0.25) is 4.79 Å². The normalized spacial score (nSPS) is 20.2. The zero-order valence-corrected chi connectivity index (χ0v) is 14.6. The molecule has 1 atom stereocenters. The maximum Gasteiger partial charge on any atom is 0.220 e. The van der Waals surface area contributed by atoms with Gasteiger partial charge in [0.25, 0.3) is 0 Å². The molecule has 1 saturated heterocycles. The van der Waals surface area contributed by atoms with Crippen molar-refractivity contribution in [3.8, 4) is 0 Å². The molecule has 2 N–H and O–H groups in total. The monoisotopic (exact) mass is 336 g/mol. The number of halogens is 1. The fourth-order valence-corrected chi connectivity index (χ4v) is 3.66. The van der Waals surface area contributed by atoms with Crippen molar-refractivity contribution in [1.29, 1.82) is 0 Å². The van der Waals surface area contributed by atoms with Crippen LogP contribution < -0.4 is 10.6 Å². The van der Waals surface area contributed by atoms with Gasteiger partial charge in [0.1, 0.15) is 0 Å². The predicted molar refractivity (Wildman–Crippen MR) is 96.7 cm³/mol. The number of carbonyl (C=O) groups excluding carboxylic acids is 1. The number of nitrogens with one attached hydrogen (secondary N) is 2. The van der Waals surface area contributed by atoms with Crippen LogP contribution >= 0.6 is 12.4 Å². The molecular formula is C19H29ClN2O. The summed E-state index contributed by atoms with van der Waals surface area (Å²) >= 11 is 0. The van der Waals surface area contributed by atoms with Crippen molar-refractivity contribution >= 4 is 18.3 Å². The molecule has 3 nitrogen and oxygen atoms in total. The fraction of sp³-hybridized carbons (Fsp3) is 0.632. The maximum atomic E-state index is 12.4. The number of hydrogen-bond acceptors (Lipinski definition) is 2. The smallest absolute Gasteiger partial charge is 0.220 e. The summed E-state index contributed by atoms with van der Waals surface area (Å²) in [6, 6.07) is 10.7. The first kappa shape index (κ1) is 18.3. The third-order valence-corrected chi connectivity index (χ3v) is 5.33. The maximum absolute atomic E-state index is 12.4. The van der Waals surface area contributed by atoms with Crippen molar-refractivity contribution in [1.82, 2.24) is 10.6 Å². The molecule has 0 aromatic heterocycles. The second-order valence-electron chi connectivity index (χ2n) is 6.88. The average molecular weight is 337 g/mol. The molecule has 1 heterocycles. The van der Waals surface area contributed by atoms with E-state index in [9.17, 15) is 4.79 Å². The number of rotatable bonds is 6. The summed E-state index contributed by atoms with van der Waals surface area (Å²) in [5.41, 5.74) is 1.27. The van der Waals surface area contributed by atoms with Crippen LogP contribution in [0.1, 0.15) is 56.6 Å². The van der Waals surface area contributed by atoms with Gasteiger partial charge in [0, 0.05) is 6.42 Å². The topological polar surface area (TPSA) is 41.1 Å². The van der Waals surface area contributed by atoms with Gasteiger partial charge in [-0.15, -0.1) is 12.4 Å². The zero-order chi connectivity index (χ0) is 15.2. The van der Waals surface area contributed by atoms with Gasteiger partial charge in [0.15, 0.2) is 0 Å². The lowest BCUT2D eigenvalue weighted by Gasteiger charge is -2.35. The molecule has 1 aliphatic carbocycles.